The number of ether oxygens (including phenoxy) is 1. The van der Waals surface area contributed by atoms with Gasteiger partial charge in [-0.25, -0.2) is 8.78 Å². The van der Waals surface area contributed by atoms with Crippen molar-refractivity contribution in [3.63, 3.8) is 0 Å². The number of nitrogens with one attached hydrogen (secondary N) is 1. The molecule has 0 bridgehead atoms. The van der Waals surface area contributed by atoms with Crippen molar-refractivity contribution in [2.24, 2.45) is 0 Å². The van der Waals surface area contributed by atoms with E-state index in [1.165, 1.54) is 13.1 Å². The Balaban J connectivity index is 2.85. The molecule has 0 unspecified atom stereocenters. The molecule has 0 saturated carbocycles. The van der Waals surface area contributed by atoms with Crippen molar-refractivity contribution < 1.29 is 22.3 Å². The van der Waals surface area contributed by atoms with Crippen LogP contribution in [0.3, 0.4) is 0 Å². The second kappa shape index (κ2) is 5.79. The number of nitrogens with zero attached hydrogens (tertiary/aromatic N) is 1. The zero-order valence-corrected chi connectivity index (χ0v) is 10.5. The summed E-state index contributed by atoms with van der Waals surface area (Å²) in [6.07, 6.45) is -3.83. The summed E-state index contributed by atoms with van der Waals surface area (Å²) >= 11 is 11.3. The molecule has 102 valence electrons. The molecule has 1 N–H and O–H groups in total. The second-order valence-corrected chi connectivity index (χ2v) is 4.02. The SMILES string of the molecule is CNc1nc(OCC(F)(F)C(F)F)c(Cl)cc1Cl. The minimum Gasteiger partial charge on any atom is -0.470 e. The molecule has 0 fully saturated rings. The summed E-state index contributed by atoms with van der Waals surface area (Å²) < 4.78 is 53.6. The van der Waals surface area contributed by atoms with Crippen molar-refractivity contribution in [2.75, 3.05) is 19.0 Å². The molecule has 1 rings (SSSR count). The summed E-state index contributed by atoms with van der Waals surface area (Å²) in [5, 5.41) is 2.56. The topological polar surface area (TPSA) is 34.2 Å². The smallest absolute Gasteiger partial charge is 0.340 e. The van der Waals surface area contributed by atoms with Gasteiger partial charge in [-0.05, 0) is 6.07 Å². The van der Waals surface area contributed by atoms with Crippen LogP contribution < -0.4 is 10.1 Å². The summed E-state index contributed by atoms with van der Waals surface area (Å²) in [4.78, 5) is 3.68. The van der Waals surface area contributed by atoms with Crippen LogP contribution in [-0.4, -0.2) is 31.0 Å². The summed E-state index contributed by atoms with van der Waals surface area (Å²) in [5.41, 5.74) is 0. The Bertz CT molecular complexity index is 431. The Labute approximate surface area is 110 Å². The van der Waals surface area contributed by atoms with Crippen LogP contribution in [-0.2, 0) is 0 Å². The Morgan fingerprint density at radius 2 is 2.00 bits per heavy atom. The third kappa shape index (κ3) is 3.52. The first-order valence-corrected chi connectivity index (χ1v) is 5.36. The van der Waals surface area contributed by atoms with Gasteiger partial charge >= 0.3 is 12.3 Å². The normalized spacial score (nSPS) is 11.8. The maximum atomic E-state index is 12.6. The molecule has 0 aliphatic rings. The predicted octanol–water partition coefficient (Wildman–Crippen LogP) is 3.71. The van der Waals surface area contributed by atoms with Crippen LogP contribution in [0.15, 0.2) is 6.07 Å². The molecular weight excluding hydrogens is 299 g/mol. The number of hydrogen-bond acceptors (Lipinski definition) is 3. The fourth-order valence-corrected chi connectivity index (χ4v) is 1.46. The van der Waals surface area contributed by atoms with Gasteiger partial charge in [-0.3, -0.25) is 0 Å². The molecule has 0 aromatic carbocycles. The zero-order chi connectivity index (χ0) is 13.9. The standard InChI is InChI=1S/C9H8Cl2F4N2O/c1-16-6-4(10)2-5(11)7(17-6)18-3-9(14,15)8(12)13/h2,8H,3H2,1H3,(H,16,17). The summed E-state index contributed by atoms with van der Waals surface area (Å²) in [6.45, 7) is -1.53. The van der Waals surface area contributed by atoms with E-state index in [0.29, 0.717) is 0 Å². The van der Waals surface area contributed by atoms with E-state index in [1.807, 2.05) is 0 Å². The van der Waals surface area contributed by atoms with E-state index >= 15 is 0 Å². The van der Waals surface area contributed by atoms with Gasteiger partial charge < -0.3 is 10.1 Å². The van der Waals surface area contributed by atoms with Gasteiger partial charge in [-0.15, -0.1) is 0 Å². The van der Waals surface area contributed by atoms with Crippen LogP contribution in [0.2, 0.25) is 10.0 Å². The first kappa shape index (κ1) is 15.1. The van der Waals surface area contributed by atoms with Crippen LogP contribution >= 0.6 is 23.2 Å². The lowest BCUT2D eigenvalue weighted by molar-refractivity contribution is -0.148. The highest BCUT2D eigenvalue weighted by Crippen LogP contribution is 2.32. The number of aromatic nitrogens is 1. The molecular formula is C9H8Cl2F4N2O. The average molecular weight is 307 g/mol. The van der Waals surface area contributed by atoms with Gasteiger partial charge in [-0.2, -0.15) is 13.8 Å². The number of alkyl halides is 4. The second-order valence-electron chi connectivity index (χ2n) is 3.21. The third-order valence-electron chi connectivity index (χ3n) is 1.85. The van der Waals surface area contributed by atoms with Gasteiger partial charge in [0.05, 0.1) is 5.02 Å². The van der Waals surface area contributed by atoms with E-state index in [9.17, 15) is 17.6 Å². The minimum absolute atomic E-state index is 0.136. The molecule has 18 heavy (non-hydrogen) atoms. The van der Waals surface area contributed by atoms with E-state index in [-0.39, 0.29) is 15.9 Å². The highest BCUT2D eigenvalue weighted by molar-refractivity contribution is 6.36. The summed E-state index contributed by atoms with van der Waals surface area (Å²) in [7, 11) is 1.49. The number of halogens is 6. The molecule has 0 saturated heterocycles. The van der Waals surface area contributed by atoms with E-state index in [1.54, 1.807) is 0 Å². The van der Waals surface area contributed by atoms with Crippen molar-refractivity contribution in [2.45, 2.75) is 12.3 Å². The Hall–Kier alpha value is -0.950. The molecule has 0 spiro atoms. The van der Waals surface area contributed by atoms with Crippen LogP contribution in [0.4, 0.5) is 23.4 Å². The lowest BCUT2D eigenvalue weighted by Crippen LogP contribution is -2.34. The highest BCUT2D eigenvalue weighted by Gasteiger charge is 2.42. The average Bonchev–Trinajstić information content (AvgIpc) is 2.27. The van der Waals surface area contributed by atoms with Crippen LogP contribution in [0.25, 0.3) is 0 Å². The Morgan fingerprint density at radius 1 is 1.39 bits per heavy atom. The molecule has 0 atom stereocenters. The van der Waals surface area contributed by atoms with E-state index in [4.69, 9.17) is 23.2 Å². The van der Waals surface area contributed by atoms with Gasteiger partial charge in [0.2, 0.25) is 5.88 Å². The van der Waals surface area contributed by atoms with Gasteiger partial charge in [-0.1, -0.05) is 23.2 Å². The van der Waals surface area contributed by atoms with Gasteiger partial charge in [0.1, 0.15) is 10.8 Å². The highest BCUT2D eigenvalue weighted by atomic mass is 35.5. The predicted molar refractivity (Wildman–Crippen MR) is 60.2 cm³/mol. The maximum absolute atomic E-state index is 12.6. The van der Waals surface area contributed by atoms with Crippen LogP contribution in [0, 0.1) is 0 Å². The summed E-state index contributed by atoms with van der Waals surface area (Å²) in [5.74, 6) is -4.54. The molecule has 0 radical (unpaired) electrons. The molecule has 1 heterocycles. The van der Waals surface area contributed by atoms with E-state index < -0.39 is 24.8 Å². The fourth-order valence-electron chi connectivity index (χ4n) is 0.954. The van der Waals surface area contributed by atoms with Crippen LogP contribution in [0.1, 0.15) is 0 Å². The number of rotatable bonds is 5. The first-order valence-electron chi connectivity index (χ1n) is 4.60. The molecule has 1 aromatic heterocycles. The molecule has 0 aliphatic heterocycles. The first-order chi connectivity index (χ1) is 8.27. The number of anilines is 1. The number of hydrogen-bond donors (Lipinski definition) is 1. The zero-order valence-electron chi connectivity index (χ0n) is 8.99. The number of pyridine rings is 1. The molecule has 0 aliphatic carbocycles. The summed E-state index contributed by atoms with van der Waals surface area (Å²) in [6, 6.07) is 1.21. The Kier molecular flexibility index (Phi) is 4.86. The van der Waals surface area contributed by atoms with Crippen molar-refractivity contribution in [1.82, 2.24) is 4.98 Å². The lowest BCUT2D eigenvalue weighted by Gasteiger charge is -2.16. The monoisotopic (exact) mass is 306 g/mol. The fraction of sp³-hybridized carbons (Fsp3) is 0.444. The van der Waals surface area contributed by atoms with Crippen molar-refractivity contribution in [1.29, 1.82) is 0 Å². The van der Waals surface area contributed by atoms with Crippen molar-refractivity contribution in [3.05, 3.63) is 16.1 Å². The third-order valence-corrected chi connectivity index (χ3v) is 2.41. The van der Waals surface area contributed by atoms with Gasteiger partial charge in [0, 0.05) is 7.05 Å². The van der Waals surface area contributed by atoms with E-state index in [0.717, 1.165) is 0 Å². The van der Waals surface area contributed by atoms with Gasteiger partial charge in [0.25, 0.3) is 0 Å². The van der Waals surface area contributed by atoms with Crippen molar-refractivity contribution >= 4 is 29.0 Å². The minimum atomic E-state index is -4.27. The molecule has 3 nitrogen and oxygen atoms in total. The molecule has 0 amide bonds. The van der Waals surface area contributed by atoms with Gasteiger partial charge in [0.15, 0.2) is 6.61 Å². The van der Waals surface area contributed by atoms with Crippen LogP contribution in [0.5, 0.6) is 5.88 Å². The largest absolute Gasteiger partial charge is 0.470 e. The lowest BCUT2D eigenvalue weighted by atomic mass is 10.4. The van der Waals surface area contributed by atoms with E-state index in [2.05, 4.69) is 15.0 Å². The molecule has 1 aromatic rings. The quantitative estimate of drug-likeness (QED) is 0.842. The van der Waals surface area contributed by atoms with Crippen molar-refractivity contribution in [3.8, 4) is 5.88 Å². The maximum Gasteiger partial charge on any atom is 0.340 e. The molecule has 9 heteroatoms. The Morgan fingerprint density at radius 3 is 2.50 bits per heavy atom.